The highest BCUT2D eigenvalue weighted by atomic mass is 35.5. The van der Waals surface area contributed by atoms with Crippen LogP contribution in [0.5, 0.6) is 5.75 Å². The Morgan fingerprint density at radius 3 is 2.28 bits per heavy atom. The molecule has 2 amide bonds. The Morgan fingerprint density at radius 1 is 1.24 bits per heavy atom. The van der Waals surface area contributed by atoms with Crippen molar-refractivity contribution in [1.82, 2.24) is 10.2 Å². The highest BCUT2D eigenvalue weighted by molar-refractivity contribution is 6.34. The van der Waals surface area contributed by atoms with E-state index in [0.717, 1.165) is 0 Å². The second-order valence-corrected chi connectivity index (χ2v) is 7.27. The van der Waals surface area contributed by atoms with Crippen LogP contribution in [0.25, 0.3) is 0 Å². The number of benzene rings is 1. The fourth-order valence-corrected chi connectivity index (χ4v) is 2.46. The minimum atomic E-state index is -0.703. The molecule has 0 unspecified atom stereocenters. The molecule has 1 atom stereocenters. The lowest BCUT2D eigenvalue weighted by Gasteiger charge is -2.26. The van der Waals surface area contributed by atoms with Gasteiger partial charge < -0.3 is 15.0 Å². The molecule has 25 heavy (non-hydrogen) atoms. The van der Waals surface area contributed by atoms with Gasteiger partial charge in [-0.05, 0) is 38.5 Å². The zero-order valence-corrected chi connectivity index (χ0v) is 16.6. The van der Waals surface area contributed by atoms with Gasteiger partial charge in [0.25, 0.3) is 5.91 Å². The summed E-state index contributed by atoms with van der Waals surface area (Å²) >= 11 is 11.9. The third-order valence-electron chi connectivity index (χ3n) is 3.31. The minimum absolute atomic E-state index is 0.154. The van der Waals surface area contributed by atoms with Gasteiger partial charge in [-0.2, -0.15) is 0 Å². The van der Waals surface area contributed by atoms with E-state index in [1.54, 1.807) is 52.2 Å². The van der Waals surface area contributed by atoms with Crippen LogP contribution in [-0.4, -0.2) is 42.5 Å². The second kappa shape index (κ2) is 9.11. The molecule has 0 fully saturated rings. The Kier molecular flexibility index (Phi) is 7.77. The van der Waals surface area contributed by atoms with Crippen LogP contribution in [-0.2, 0) is 9.59 Å². The summed E-state index contributed by atoms with van der Waals surface area (Å²) in [6.07, 6.45) is 2.84. The van der Waals surface area contributed by atoms with Gasteiger partial charge >= 0.3 is 0 Å². The zero-order valence-electron chi connectivity index (χ0n) is 15.1. The predicted octanol–water partition coefficient (Wildman–Crippen LogP) is 3.69. The molecule has 7 heteroatoms. The minimum Gasteiger partial charge on any atom is -0.481 e. The lowest BCUT2D eigenvalue weighted by Crippen LogP contribution is -2.48. The van der Waals surface area contributed by atoms with E-state index in [-0.39, 0.29) is 11.8 Å². The number of nitrogens with zero attached hydrogens (tertiary/aromatic N) is 1. The second-order valence-electron chi connectivity index (χ2n) is 6.40. The molecule has 138 valence electrons. The van der Waals surface area contributed by atoms with Gasteiger partial charge in [0.1, 0.15) is 5.75 Å². The van der Waals surface area contributed by atoms with E-state index in [4.69, 9.17) is 27.9 Å². The number of hydrogen-bond acceptors (Lipinski definition) is 3. The van der Waals surface area contributed by atoms with E-state index in [0.29, 0.717) is 22.2 Å². The number of carbonyl (C=O) groups is 2. The summed E-state index contributed by atoms with van der Waals surface area (Å²) in [6, 6.07) is 4.79. The van der Waals surface area contributed by atoms with Crippen LogP contribution in [0.4, 0.5) is 0 Å². The summed E-state index contributed by atoms with van der Waals surface area (Å²) in [6.45, 7) is 5.44. The van der Waals surface area contributed by atoms with Gasteiger partial charge in [0.2, 0.25) is 5.91 Å². The van der Waals surface area contributed by atoms with Crippen molar-refractivity contribution in [3.8, 4) is 5.75 Å². The normalized spacial score (nSPS) is 12.8. The smallest absolute Gasteiger partial charge is 0.261 e. The molecule has 0 radical (unpaired) electrons. The molecular formula is C18H24Cl2N2O3. The number of ether oxygens (including phenoxy) is 1. The van der Waals surface area contributed by atoms with Crippen molar-refractivity contribution >= 4 is 35.0 Å². The SMILES string of the molecule is CC[C@@H](Oc1cc(Cl)cc(Cl)c1)C(=O)NC(C)(C)/C=C/C(=O)N(C)C. The Morgan fingerprint density at radius 2 is 1.80 bits per heavy atom. The number of likely N-dealkylation sites (N-methyl/N-ethyl adjacent to an activating group) is 1. The first-order valence-electron chi connectivity index (χ1n) is 7.89. The molecule has 0 aliphatic carbocycles. The van der Waals surface area contributed by atoms with E-state index < -0.39 is 11.6 Å². The molecule has 0 heterocycles. The standard InChI is InChI=1S/C18H24Cl2N2O3/c1-6-15(25-14-10-12(19)9-13(20)11-14)17(24)21-18(2,3)8-7-16(23)22(4)5/h7-11,15H,6H2,1-5H3,(H,21,24)/b8-7+/t15-/m1/s1. The lowest BCUT2D eigenvalue weighted by molar-refractivity contribution is -0.129. The van der Waals surface area contributed by atoms with Crippen molar-refractivity contribution in [3.63, 3.8) is 0 Å². The van der Waals surface area contributed by atoms with Crippen LogP contribution in [0.3, 0.4) is 0 Å². The van der Waals surface area contributed by atoms with Gasteiger partial charge in [-0.3, -0.25) is 9.59 Å². The highest BCUT2D eigenvalue weighted by Crippen LogP contribution is 2.25. The first-order valence-corrected chi connectivity index (χ1v) is 8.65. The molecule has 1 aromatic rings. The maximum Gasteiger partial charge on any atom is 0.261 e. The van der Waals surface area contributed by atoms with Gasteiger partial charge in [-0.1, -0.05) is 36.2 Å². The van der Waals surface area contributed by atoms with Crippen molar-refractivity contribution in [1.29, 1.82) is 0 Å². The summed E-state index contributed by atoms with van der Waals surface area (Å²) in [5, 5.41) is 3.73. The molecule has 1 rings (SSSR count). The average molecular weight is 387 g/mol. The van der Waals surface area contributed by atoms with E-state index in [9.17, 15) is 9.59 Å². The van der Waals surface area contributed by atoms with Gasteiger partial charge in [0.05, 0.1) is 5.54 Å². The third kappa shape index (κ3) is 7.36. The van der Waals surface area contributed by atoms with Crippen LogP contribution in [0.15, 0.2) is 30.4 Å². The van der Waals surface area contributed by atoms with Crippen molar-refractivity contribution in [2.45, 2.75) is 38.8 Å². The fourth-order valence-electron chi connectivity index (χ4n) is 1.95. The summed E-state index contributed by atoms with van der Waals surface area (Å²) in [5.74, 6) is -0.0135. The lowest BCUT2D eigenvalue weighted by atomic mass is 10.0. The van der Waals surface area contributed by atoms with Crippen LogP contribution in [0, 0.1) is 0 Å². The van der Waals surface area contributed by atoms with Crippen LogP contribution in [0.2, 0.25) is 10.0 Å². The number of nitrogens with one attached hydrogen (secondary N) is 1. The molecule has 0 aliphatic heterocycles. The summed E-state index contributed by atoms with van der Waals surface area (Å²) in [5.41, 5.74) is -0.703. The zero-order chi connectivity index (χ0) is 19.2. The topological polar surface area (TPSA) is 58.6 Å². The summed E-state index contributed by atoms with van der Waals surface area (Å²) in [4.78, 5) is 25.6. The molecule has 0 aliphatic rings. The quantitative estimate of drug-likeness (QED) is 0.726. The Balaban J connectivity index is 2.79. The molecule has 0 aromatic heterocycles. The Labute approximate surface area is 158 Å². The van der Waals surface area contributed by atoms with E-state index in [1.807, 2.05) is 6.92 Å². The van der Waals surface area contributed by atoms with Crippen molar-refractivity contribution in [2.75, 3.05) is 14.1 Å². The van der Waals surface area contributed by atoms with Crippen molar-refractivity contribution < 1.29 is 14.3 Å². The number of halogens is 2. The number of hydrogen-bond donors (Lipinski definition) is 1. The molecule has 0 saturated carbocycles. The van der Waals surface area contributed by atoms with Gasteiger partial charge in [0, 0.05) is 30.2 Å². The van der Waals surface area contributed by atoms with Gasteiger partial charge in [0.15, 0.2) is 6.10 Å². The van der Waals surface area contributed by atoms with E-state index in [2.05, 4.69) is 5.32 Å². The van der Waals surface area contributed by atoms with Gasteiger partial charge in [-0.15, -0.1) is 0 Å². The molecule has 5 nitrogen and oxygen atoms in total. The maximum atomic E-state index is 12.5. The number of rotatable bonds is 7. The highest BCUT2D eigenvalue weighted by Gasteiger charge is 2.25. The number of amides is 2. The van der Waals surface area contributed by atoms with Crippen molar-refractivity contribution in [2.24, 2.45) is 0 Å². The molecule has 0 saturated heterocycles. The molecule has 1 N–H and O–H groups in total. The van der Waals surface area contributed by atoms with Crippen LogP contribution >= 0.6 is 23.2 Å². The summed E-state index contributed by atoms with van der Waals surface area (Å²) in [7, 11) is 3.32. The molecular weight excluding hydrogens is 363 g/mol. The first kappa shape index (κ1) is 21.3. The Bertz CT molecular complexity index is 637. The third-order valence-corrected chi connectivity index (χ3v) is 3.74. The maximum absolute atomic E-state index is 12.5. The van der Waals surface area contributed by atoms with E-state index in [1.165, 1.54) is 11.0 Å². The fraction of sp³-hybridized carbons (Fsp3) is 0.444. The largest absolute Gasteiger partial charge is 0.481 e. The van der Waals surface area contributed by atoms with Crippen LogP contribution in [0.1, 0.15) is 27.2 Å². The first-order chi connectivity index (χ1) is 11.5. The predicted molar refractivity (Wildman–Crippen MR) is 101 cm³/mol. The van der Waals surface area contributed by atoms with Crippen LogP contribution < -0.4 is 10.1 Å². The molecule has 0 bridgehead atoms. The molecule has 1 aromatic carbocycles. The average Bonchev–Trinajstić information content (AvgIpc) is 2.48. The monoisotopic (exact) mass is 386 g/mol. The number of carbonyl (C=O) groups excluding carboxylic acids is 2. The summed E-state index contributed by atoms with van der Waals surface area (Å²) < 4.78 is 5.72. The van der Waals surface area contributed by atoms with E-state index >= 15 is 0 Å². The van der Waals surface area contributed by atoms with Gasteiger partial charge in [-0.25, -0.2) is 0 Å². The molecule has 0 spiro atoms. The Hall–Kier alpha value is -1.72. The van der Waals surface area contributed by atoms with Crippen molar-refractivity contribution in [3.05, 3.63) is 40.4 Å².